The van der Waals surface area contributed by atoms with Gasteiger partial charge in [-0.1, -0.05) is 11.6 Å². The first-order valence-corrected chi connectivity index (χ1v) is 8.88. The molecule has 3 rings (SSSR count). The molecule has 2 heterocycles. The summed E-state index contributed by atoms with van der Waals surface area (Å²) in [5.74, 6) is -1.00. The molecule has 0 atom stereocenters. The highest BCUT2D eigenvalue weighted by atomic mass is 35.5. The average Bonchev–Trinajstić information content (AvgIpc) is 3.20. The monoisotopic (exact) mass is 473 g/mol. The Balaban J connectivity index is 1.82. The van der Waals surface area contributed by atoms with Crippen LogP contribution in [0.5, 0.6) is 0 Å². The van der Waals surface area contributed by atoms with Crippen molar-refractivity contribution in [1.29, 1.82) is 5.26 Å². The number of nitrogens with zero attached hydrogens (tertiary/aromatic N) is 3. The van der Waals surface area contributed by atoms with Crippen molar-refractivity contribution in [3.05, 3.63) is 76.2 Å². The molecule has 32 heavy (non-hydrogen) atoms. The Kier molecular flexibility index (Phi) is 6.05. The van der Waals surface area contributed by atoms with Gasteiger partial charge in [0.2, 0.25) is 0 Å². The van der Waals surface area contributed by atoms with Crippen molar-refractivity contribution in [2.45, 2.75) is 12.4 Å². The van der Waals surface area contributed by atoms with Gasteiger partial charge in [0.15, 0.2) is 5.82 Å². The second-order valence-corrected chi connectivity index (χ2v) is 6.65. The second-order valence-electron chi connectivity index (χ2n) is 6.24. The predicted molar refractivity (Wildman–Crippen MR) is 101 cm³/mol. The highest BCUT2D eigenvalue weighted by Crippen LogP contribution is 2.34. The van der Waals surface area contributed by atoms with Gasteiger partial charge in [-0.2, -0.15) is 31.6 Å². The lowest BCUT2D eigenvalue weighted by Crippen LogP contribution is -2.31. The van der Waals surface area contributed by atoms with Crippen molar-refractivity contribution in [3.8, 4) is 11.9 Å². The maximum atomic E-state index is 13.1. The fourth-order valence-electron chi connectivity index (χ4n) is 2.66. The summed E-state index contributed by atoms with van der Waals surface area (Å²) in [6, 6.07) is 7.52. The van der Waals surface area contributed by atoms with E-state index < -0.39 is 35.0 Å². The molecule has 2 N–H and O–H groups in total. The molecule has 0 unspecified atom stereocenters. The summed E-state index contributed by atoms with van der Waals surface area (Å²) in [6.07, 6.45) is -7.57. The van der Waals surface area contributed by atoms with Gasteiger partial charge in [-0.05, 0) is 36.4 Å². The number of amides is 1. The van der Waals surface area contributed by atoms with Gasteiger partial charge >= 0.3 is 12.4 Å². The molecule has 3 aromatic rings. The van der Waals surface area contributed by atoms with Crippen LogP contribution in [-0.4, -0.2) is 15.5 Å². The molecule has 0 saturated heterocycles. The Morgan fingerprint density at radius 1 is 1.09 bits per heavy atom. The number of hydrogen-bond donors (Lipinski definition) is 2. The predicted octanol–water partition coefficient (Wildman–Crippen LogP) is 5.19. The minimum Gasteiger partial charge on any atom is -0.298 e. The molecule has 13 heteroatoms. The summed E-state index contributed by atoms with van der Waals surface area (Å²) in [5, 5.41) is 8.44. The maximum absolute atomic E-state index is 13.1. The smallest absolute Gasteiger partial charge is 0.298 e. The molecule has 0 aliphatic heterocycles. The van der Waals surface area contributed by atoms with Gasteiger partial charge < -0.3 is 0 Å². The average molecular weight is 474 g/mol. The Morgan fingerprint density at radius 2 is 1.81 bits per heavy atom. The van der Waals surface area contributed by atoms with Crippen LogP contribution >= 0.6 is 11.6 Å². The quantitative estimate of drug-likeness (QED) is 0.403. The molecule has 0 bridgehead atoms. The number of hydrogen-bond acceptors (Lipinski definition) is 4. The molecular formula is C19H10ClF6N5O. The van der Waals surface area contributed by atoms with E-state index in [9.17, 15) is 31.1 Å². The van der Waals surface area contributed by atoms with Crippen LogP contribution in [0.3, 0.4) is 0 Å². The summed E-state index contributed by atoms with van der Waals surface area (Å²) >= 11 is 5.90. The number of nitriles is 1. The highest BCUT2D eigenvalue weighted by molar-refractivity contribution is 6.32. The number of carbonyl (C=O) groups is 1. The summed E-state index contributed by atoms with van der Waals surface area (Å²) in [4.78, 5) is 16.2. The molecule has 0 fully saturated rings. The molecule has 0 aliphatic rings. The molecule has 166 valence electrons. The Morgan fingerprint density at radius 3 is 2.41 bits per heavy atom. The van der Waals surface area contributed by atoms with Crippen LogP contribution in [0, 0.1) is 11.3 Å². The lowest BCUT2D eigenvalue weighted by molar-refractivity contribution is -0.138. The number of aromatic nitrogens is 2. The van der Waals surface area contributed by atoms with Crippen molar-refractivity contribution < 1.29 is 31.1 Å². The molecule has 0 saturated carbocycles. The number of nitrogens with one attached hydrogen (secondary N) is 2. The molecule has 1 amide bonds. The van der Waals surface area contributed by atoms with E-state index in [-0.39, 0.29) is 22.2 Å². The molecule has 0 aliphatic carbocycles. The minimum atomic E-state index is -4.79. The first-order chi connectivity index (χ1) is 14.9. The third-order valence-corrected chi connectivity index (χ3v) is 4.40. The molecule has 1 aromatic carbocycles. The van der Waals surface area contributed by atoms with E-state index in [4.69, 9.17) is 16.9 Å². The summed E-state index contributed by atoms with van der Waals surface area (Å²) in [6.45, 7) is 0. The van der Waals surface area contributed by atoms with Gasteiger partial charge in [0, 0.05) is 12.4 Å². The Labute approximate surface area is 181 Å². The van der Waals surface area contributed by atoms with Crippen molar-refractivity contribution in [1.82, 2.24) is 15.0 Å². The first-order valence-electron chi connectivity index (χ1n) is 8.50. The number of halogens is 7. The number of rotatable bonds is 4. The second kappa shape index (κ2) is 8.43. The molecule has 0 spiro atoms. The highest BCUT2D eigenvalue weighted by Gasteiger charge is 2.34. The number of anilines is 1. The first kappa shape index (κ1) is 23.0. The van der Waals surface area contributed by atoms with Crippen LogP contribution in [0.15, 0.2) is 48.8 Å². The van der Waals surface area contributed by atoms with E-state index in [1.807, 2.05) is 0 Å². The summed E-state index contributed by atoms with van der Waals surface area (Å²) < 4.78 is 78.7. The Bertz CT molecular complexity index is 1210. The standard InChI is InChI=1S/C19H10ClF6N5O/c20-14-6-11(18(21,22)23)9-28-16(14)31-5-1-2-15(31)17(32)30-29-12-4-3-10(8-27)13(7-12)19(24,25)26/h1-7,9,29H,(H,30,32). The van der Waals surface area contributed by atoms with Crippen LogP contribution in [0.4, 0.5) is 32.0 Å². The van der Waals surface area contributed by atoms with E-state index in [0.717, 1.165) is 16.7 Å². The molecular weight excluding hydrogens is 464 g/mol. The Hall–Kier alpha value is -3.72. The summed E-state index contributed by atoms with van der Waals surface area (Å²) in [5.41, 5.74) is 1.33. The van der Waals surface area contributed by atoms with E-state index in [2.05, 4.69) is 15.8 Å². The third kappa shape index (κ3) is 4.78. The van der Waals surface area contributed by atoms with Crippen molar-refractivity contribution in [3.63, 3.8) is 0 Å². The van der Waals surface area contributed by atoms with Gasteiger partial charge in [0.05, 0.1) is 33.5 Å². The zero-order chi connectivity index (χ0) is 23.7. The van der Waals surface area contributed by atoms with Crippen LogP contribution in [0.1, 0.15) is 27.2 Å². The van der Waals surface area contributed by atoms with Crippen LogP contribution in [0.25, 0.3) is 5.82 Å². The van der Waals surface area contributed by atoms with Gasteiger partial charge in [0.25, 0.3) is 5.91 Å². The largest absolute Gasteiger partial charge is 0.417 e. The minimum absolute atomic E-state index is 0.114. The van der Waals surface area contributed by atoms with Gasteiger partial charge in [-0.25, -0.2) is 4.98 Å². The van der Waals surface area contributed by atoms with E-state index >= 15 is 0 Å². The van der Waals surface area contributed by atoms with Crippen molar-refractivity contribution >= 4 is 23.2 Å². The number of benzene rings is 1. The fourth-order valence-corrected chi connectivity index (χ4v) is 2.92. The number of hydrazine groups is 1. The van der Waals surface area contributed by atoms with E-state index in [0.29, 0.717) is 18.3 Å². The van der Waals surface area contributed by atoms with Gasteiger partial charge in [-0.15, -0.1) is 0 Å². The zero-order valence-electron chi connectivity index (χ0n) is 15.5. The van der Waals surface area contributed by atoms with E-state index in [1.54, 1.807) is 0 Å². The third-order valence-electron chi connectivity index (χ3n) is 4.12. The van der Waals surface area contributed by atoms with E-state index in [1.165, 1.54) is 24.4 Å². The lowest BCUT2D eigenvalue weighted by Gasteiger charge is -2.14. The zero-order valence-corrected chi connectivity index (χ0v) is 16.3. The van der Waals surface area contributed by atoms with Gasteiger partial charge in [-0.3, -0.25) is 20.2 Å². The molecule has 2 aromatic heterocycles. The maximum Gasteiger partial charge on any atom is 0.417 e. The fraction of sp³-hybridized carbons (Fsp3) is 0.105. The summed E-state index contributed by atoms with van der Waals surface area (Å²) in [7, 11) is 0. The number of alkyl halides is 6. The van der Waals surface area contributed by atoms with Crippen LogP contribution in [-0.2, 0) is 12.4 Å². The normalized spacial score (nSPS) is 11.7. The van der Waals surface area contributed by atoms with Crippen molar-refractivity contribution in [2.24, 2.45) is 0 Å². The lowest BCUT2D eigenvalue weighted by atomic mass is 10.1. The van der Waals surface area contributed by atoms with Crippen LogP contribution in [0.2, 0.25) is 5.02 Å². The number of carbonyl (C=O) groups excluding carboxylic acids is 1. The molecule has 6 nitrogen and oxygen atoms in total. The topological polar surface area (TPSA) is 82.7 Å². The SMILES string of the molecule is N#Cc1ccc(NNC(=O)c2cccn2-c2ncc(C(F)(F)F)cc2Cl)cc1C(F)(F)F. The van der Waals surface area contributed by atoms with Crippen molar-refractivity contribution in [2.75, 3.05) is 5.43 Å². The number of pyridine rings is 1. The molecule has 0 radical (unpaired) electrons. The van der Waals surface area contributed by atoms with Gasteiger partial charge in [0.1, 0.15) is 5.69 Å². The van der Waals surface area contributed by atoms with Crippen LogP contribution < -0.4 is 10.9 Å².